The van der Waals surface area contributed by atoms with Gasteiger partial charge in [-0.2, -0.15) is 0 Å². The number of aromatic nitrogens is 2. The fraction of sp³-hybridized carbons (Fsp3) is 0.846. The topological polar surface area (TPSA) is 42.2 Å². The predicted molar refractivity (Wildman–Crippen MR) is 75.3 cm³/mol. The minimum atomic E-state index is 0.455. The second kappa shape index (κ2) is 7.62. The van der Waals surface area contributed by atoms with Crippen molar-refractivity contribution in [2.24, 2.45) is 5.92 Å². The molecule has 1 rings (SSSR count). The van der Waals surface area contributed by atoms with E-state index in [2.05, 4.69) is 42.8 Å². The van der Waals surface area contributed by atoms with E-state index in [1.807, 2.05) is 0 Å². The van der Waals surface area contributed by atoms with Crippen molar-refractivity contribution in [3.05, 3.63) is 5.89 Å². The Labute approximate surface area is 115 Å². The molecule has 0 aliphatic carbocycles. The van der Waals surface area contributed by atoms with Crippen molar-refractivity contribution in [2.75, 3.05) is 17.3 Å². The van der Waals surface area contributed by atoms with Gasteiger partial charge in [-0.1, -0.05) is 32.8 Å². The molecule has 1 heterocycles. The summed E-state index contributed by atoms with van der Waals surface area (Å²) in [5.74, 6) is 1.70. The molecule has 18 heavy (non-hydrogen) atoms. The molecule has 4 nitrogen and oxygen atoms in total. The van der Waals surface area contributed by atoms with Gasteiger partial charge in [-0.15, -0.1) is 16.7 Å². The maximum atomic E-state index is 5.69. The first-order chi connectivity index (χ1) is 8.62. The molecule has 0 aromatic carbocycles. The van der Waals surface area contributed by atoms with Crippen LogP contribution in [0.2, 0.25) is 0 Å². The van der Waals surface area contributed by atoms with Gasteiger partial charge in [0.05, 0.1) is 0 Å². The average Bonchev–Trinajstić information content (AvgIpc) is 2.78. The molecule has 1 aromatic rings. The van der Waals surface area contributed by atoms with Crippen molar-refractivity contribution in [2.45, 2.75) is 53.0 Å². The molecular weight excluding hydrogens is 250 g/mol. The smallest absolute Gasteiger partial charge is 0.318 e. The van der Waals surface area contributed by atoms with Crippen LogP contribution < -0.4 is 4.90 Å². The first kappa shape index (κ1) is 15.3. The Morgan fingerprint density at radius 3 is 2.39 bits per heavy atom. The van der Waals surface area contributed by atoms with Crippen LogP contribution >= 0.6 is 11.6 Å². The second-order valence-electron chi connectivity index (χ2n) is 4.93. The van der Waals surface area contributed by atoms with Gasteiger partial charge >= 0.3 is 6.01 Å². The summed E-state index contributed by atoms with van der Waals surface area (Å²) in [6, 6.07) is 1.09. The molecule has 104 valence electrons. The summed E-state index contributed by atoms with van der Waals surface area (Å²) >= 11 is 5.68. The number of anilines is 1. The predicted octanol–water partition coefficient (Wildman–Crippen LogP) is 3.50. The number of hydrogen-bond acceptors (Lipinski definition) is 4. The summed E-state index contributed by atoms with van der Waals surface area (Å²) in [6.45, 7) is 9.72. The molecule has 0 unspecified atom stereocenters. The number of nitrogens with zero attached hydrogens (tertiary/aromatic N) is 3. The zero-order chi connectivity index (χ0) is 13.5. The molecule has 5 heteroatoms. The fourth-order valence-corrected chi connectivity index (χ4v) is 2.21. The molecule has 1 aromatic heterocycles. The van der Waals surface area contributed by atoms with E-state index in [4.69, 9.17) is 16.0 Å². The first-order valence-corrected chi connectivity index (χ1v) is 7.30. The van der Waals surface area contributed by atoms with Crippen LogP contribution in [0.25, 0.3) is 0 Å². The van der Waals surface area contributed by atoms with Crippen LogP contribution in [0.3, 0.4) is 0 Å². The van der Waals surface area contributed by atoms with Crippen LogP contribution in [0.4, 0.5) is 6.01 Å². The monoisotopic (exact) mass is 273 g/mol. The number of rotatable bonds is 8. The molecule has 0 aliphatic rings. The number of halogens is 1. The molecule has 0 fully saturated rings. The normalized spacial score (nSPS) is 11.5. The molecule has 0 spiro atoms. The molecule has 0 radical (unpaired) electrons. The second-order valence-corrected chi connectivity index (χ2v) is 5.31. The highest BCUT2D eigenvalue weighted by Crippen LogP contribution is 2.21. The van der Waals surface area contributed by atoms with Crippen molar-refractivity contribution in [3.63, 3.8) is 0 Å². The lowest BCUT2D eigenvalue weighted by Crippen LogP contribution is -2.37. The van der Waals surface area contributed by atoms with E-state index < -0.39 is 0 Å². The third kappa shape index (κ3) is 4.16. The van der Waals surface area contributed by atoms with E-state index >= 15 is 0 Å². The van der Waals surface area contributed by atoms with Gasteiger partial charge in [0.15, 0.2) is 0 Å². The molecule has 0 amide bonds. The minimum absolute atomic E-state index is 0.455. The summed E-state index contributed by atoms with van der Waals surface area (Å²) in [4.78, 5) is 2.23. The van der Waals surface area contributed by atoms with Gasteiger partial charge in [-0.05, 0) is 18.8 Å². The third-order valence-electron chi connectivity index (χ3n) is 2.96. The summed E-state index contributed by atoms with van der Waals surface area (Å²) < 4.78 is 5.69. The van der Waals surface area contributed by atoms with E-state index in [1.54, 1.807) is 0 Å². The van der Waals surface area contributed by atoms with Crippen molar-refractivity contribution < 1.29 is 4.42 Å². The molecule has 0 bridgehead atoms. The van der Waals surface area contributed by atoms with E-state index in [9.17, 15) is 0 Å². The van der Waals surface area contributed by atoms with Gasteiger partial charge in [-0.3, -0.25) is 0 Å². The van der Waals surface area contributed by atoms with Gasteiger partial charge in [0.25, 0.3) is 0 Å². The highest BCUT2D eigenvalue weighted by Gasteiger charge is 2.22. The van der Waals surface area contributed by atoms with E-state index in [1.165, 1.54) is 0 Å². The Morgan fingerprint density at radius 2 is 1.89 bits per heavy atom. The maximum Gasteiger partial charge on any atom is 0.318 e. The molecule has 0 saturated heterocycles. The van der Waals surface area contributed by atoms with E-state index in [0.717, 1.165) is 19.4 Å². The van der Waals surface area contributed by atoms with Gasteiger partial charge in [0.2, 0.25) is 5.89 Å². The quantitative estimate of drug-likeness (QED) is 0.680. The fourth-order valence-electron chi connectivity index (χ4n) is 2.05. The molecule has 0 aliphatic heterocycles. The average molecular weight is 274 g/mol. The van der Waals surface area contributed by atoms with Crippen molar-refractivity contribution in [1.29, 1.82) is 0 Å². The lowest BCUT2D eigenvalue weighted by atomic mass is 10.1. The SMILES string of the molecule is CCC(CC)N(CC(C)C)c1nnc(CCCl)o1. The summed E-state index contributed by atoms with van der Waals surface area (Å²) in [6.07, 6.45) is 2.79. The Hall–Kier alpha value is -0.770. The van der Waals surface area contributed by atoms with Gasteiger partial charge < -0.3 is 9.32 Å². The van der Waals surface area contributed by atoms with Crippen molar-refractivity contribution in [3.8, 4) is 0 Å². The first-order valence-electron chi connectivity index (χ1n) is 6.77. The van der Waals surface area contributed by atoms with Gasteiger partial charge in [0.1, 0.15) is 0 Å². The number of alkyl halides is 1. The van der Waals surface area contributed by atoms with Crippen LogP contribution in [0.15, 0.2) is 4.42 Å². The molecule has 0 atom stereocenters. The zero-order valence-corrected chi connectivity index (χ0v) is 12.6. The Bertz CT molecular complexity index is 337. The maximum absolute atomic E-state index is 5.69. The molecule has 0 saturated carbocycles. The van der Waals surface area contributed by atoms with Crippen molar-refractivity contribution in [1.82, 2.24) is 10.2 Å². The Kier molecular flexibility index (Phi) is 6.47. The zero-order valence-electron chi connectivity index (χ0n) is 11.8. The van der Waals surface area contributed by atoms with Crippen LogP contribution in [-0.2, 0) is 6.42 Å². The highest BCUT2D eigenvalue weighted by atomic mass is 35.5. The van der Waals surface area contributed by atoms with Crippen LogP contribution in [-0.4, -0.2) is 28.7 Å². The molecule has 0 N–H and O–H groups in total. The standard InChI is InChI=1S/C13H24ClN3O/c1-5-11(6-2)17(9-10(3)4)13-16-15-12(18-13)7-8-14/h10-11H,5-9H2,1-4H3. The Morgan fingerprint density at radius 1 is 1.22 bits per heavy atom. The minimum Gasteiger partial charge on any atom is -0.408 e. The van der Waals surface area contributed by atoms with Gasteiger partial charge in [0, 0.05) is 24.9 Å². The largest absolute Gasteiger partial charge is 0.408 e. The van der Waals surface area contributed by atoms with Crippen molar-refractivity contribution >= 4 is 17.6 Å². The summed E-state index contributed by atoms with van der Waals surface area (Å²) in [7, 11) is 0. The lowest BCUT2D eigenvalue weighted by Gasteiger charge is -2.30. The van der Waals surface area contributed by atoms with E-state index in [0.29, 0.717) is 36.2 Å². The third-order valence-corrected chi connectivity index (χ3v) is 3.14. The van der Waals surface area contributed by atoms with Crippen LogP contribution in [0.1, 0.15) is 46.4 Å². The van der Waals surface area contributed by atoms with Gasteiger partial charge in [-0.25, -0.2) is 0 Å². The Balaban J connectivity index is 2.85. The molecular formula is C13H24ClN3O. The van der Waals surface area contributed by atoms with Crippen LogP contribution in [0, 0.1) is 5.92 Å². The summed E-state index contributed by atoms with van der Waals surface area (Å²) in [5, 5.41) is 8.20. The number of aryl methyl sites for hydroxylation is 1. The van der Waals surface area contributed by atoms with E-state index in [-0.39, 0.29) is 0 Å². The highest BCUT2D eigenvalue weighted by molar-refractivity contribution is 6.17. The summed E-state index contributed by atoms with van der Waals surface area (Å²) in [5.41, 5.74) is 0. The lowest BCUT2D eigenvalue weighted by molar-refractivity contribution is 0.432. The number of hydrogen-bond donors (Lipinski definition) is 0. The van der Waals surface area contributed by atoms with Crippen LogP contribution in [0.5, 0.6) is 0 Å².